The summed E-state index contributed by atoms with van der Waals surface area (Å²) in [6, 6.07) is 0. The molecule has 0 aromatic carbocycles. The van der Waals surface area contributed by atoms with Gasteiger partial charge in [-0.25, -0.2) is 0 Å². The Morgan fingerprint density at radius 1 is 1.50 bits per heavy atom. The van der Waals surface area contributed by atoms with Gasteiger partial charge in [0.1, 0.15) is 0 Å². The van der Waals surface area contributed by atoms with Crippen LogP contribution in [0, 0.1) is 0 Å². The Morgan fingerprint density at radius 3 is 1.50 bits per heavy atom. The molecule has 0 radical (unpaired) electrons. The molecule has 0 aliphatic carbocycles. The molecule has 0 aliphatic rings. The van der Waals surface area contributed by atoms with Crippen molar-refractivity contribution in [2.75, 3.05) is 0 Å². The van der Waals surface area contributed by atoms with E-state index in [9.17, 15) is 0 Å². The summed E-state index contributed by atoms with van der Waals surface area (Å²) in [4.78, 5) is 0. The van der Waals surface area contributed by atoms with E-state index in [4.69, 9.17) is 4.46 Å². The molecule has 0 aliphatic heterocycles. The van der Waals surface area contributed by atoms with E-state index in [0.29, 0.717) is 10.1 Å². The first-order valence-electron chi connectivity index (χ1n) is 0.403. The first-order valence-corrected chi connectivity index (χ1v) is 2.89. The van der Waals surface area contributed by atoms with Crippen molar-refractivity contribution in [2.45, 2.75) is 0 Å². The topological polar surface area (TPSA) is 17.1 Å². The zero-order valence-corrected chi connectivity index (χ0v) is 5.45. The van der Waals surface area contributed by atoms with Crippen molar-refractivity contribution in [3.63, 3.8) is 0 Å². The second kappa shape index (κ2) is 34.3. The number of halogens is 1. The summed E-state index contributed by atoms with van der Waals surface area (Å²) in [5.74, 6) is 0. The molecular formula is H2AgClOSi. The van der Waals surface area contributed by atoms with E-state index in [0.717, 1.165) is 0 Å². The molecular weight excluding hydrogens is 187 g/mol. The summed E-state index contributed by atoms with van der Waals surface area (Å²) in [7, 11) is 5.06. The van der Waals surface area contributed by atoms with Crippen molar-refractivity contribution in [1.82, 2.24) is 0 Å². The van der Waals surface area contributed by atoms with Crippen molar-refractivity contribution in [2.24, 2.45) is 0 Å². The standard InChI is InChI=1S/Ag.ClH.H2OSi/c;;1-2/h;1H;2H2/q+1;;/p-1. The molecule has 0 spiro atoms. The Kier molecular flexibility index (Phi) is 76.3. The van der Waals surface area contributed by atoms with Gasteiger partial charge in [-0.3, -0.25) is 0 Å². The van der Waals surface area contributed by atoms with Gasteiger partial charge in [0.2, 0.25) is 10.1 Å². The molecule has 0 heterocycles. The summed E-state index contributed by atoms with van der Waals surface area (Å²) >= 11 is 2.42. The molecule has 0 N–H and O–H groups in total. The summed E-state index contributed by atoms with van der Waals surface area (Å²) in [6.07, 6.45) is 0. The second-order valence-electron chi connectivity index (χ2n) is 0. The van der Waals surface area contributed by atoms with Crippen LogP contribution in [0.25, 0.3) is 0 Å². The summed E-state index contributed by atoms with van der Waals surface area (Å²) in [5, 5.41) is 0. The third-order valence-electron chi connectivity index (χ3n) is 0. The molecule has 4 heavy (non-hydrogen) atoms. The van der Waals surface area contributed by atoms with Crippen LogP contribution in [0.4, 0.5) is 0 Å². The predicted molar refractivity (Wildman–Crippen MR) is 15.1 cm³/mol. The fourth-order valence-corrected chi connectivity index (χ4v) is 0. The van der Waals surface area contributed by atoms with Crippen LogP contribution in [0.1, 0.15) is 0 Å². The molecule has 0 amide bonds. The Morgan fingerprint density at radius 2 is 1.50 bits per heavy atom. The van der Waals surface area contributed by atoms with Crippen molar-refractivity contribution in [3.05, 3.63) is 0 Å². The van der Waals surface area contributed by atoms with Gasteiger partial charge in [-0.15, -0.1) is 0 Å². The molecule has 1 nitrogen and oxygen atoms in total. The fraction of sp³-hybridized carbons (Fsp3) is 0. The van der Waals surface area contributed by atoms with Crippen LogP contribution >= 0.6 is 9.19 Å². The van der Waals surface area contributed by atoms with Gasteiger partial charge >= 0.3 is 29.2 Å². The van der Waals surface area contributed by atoms with Crippen LogP contribution in [0.5, 0.6) is 0 Å². The SMILES string of the molecule is O=[SiH2].[Cl][Ag]. The van der Waals surface area contributed by atoms with E-state index in [1.54, 1.807) is 0 Å². The molecule has 0 fully saturated rings. The molecule has 0 saturated heterocycles. The molecule has 0 saturated carbocycles. The molecule has 0 aromatic heterocycles. The maximum absolute atomic E-state index is 8.28. The Bertz CT molecular complexity index is 8.00. The van der Waals surface area contributed by atoms with Crippen molar-refractivity contribution < 1.29 is 24.4 Å². The van der Waals surface area contributed by atoms with E-state index < -0.39 is 0 Å². The van der Waals surface area contributed by atoms with E-state index >= 15 is 0 Å². The minimum absolute atomic E-state index is 0.611. The molecule has 0 unspecified atom stereocenters. The summed E-state index contributed by atoms with van der Waals surface area (Å²) in [6.45, 7) is 0. The van der Waals surface area contributed by atoms with Gasteiger partial charge in [0.25, 0.3) is 0 Å². The quantitative estimate of drug-likeness (QED) is 0.476. The van der Waals surface area contributed by atoms with Crippen LogP contribution < -0.4 is 0 Å². The van der Waals surface area contributed by atoms with Crippen molar-refractivity contribution >= 4 is 19.3 Å². The third kappa shape index (κ3) is 11.6. The van der Waals surface area contributed by atoms with Gasteiger partial charge in [0, 0.05) is 0 Å². The molecule has 0 rings (SSSR count). The number of rotatable bonds is 0. The predicted octanol–water partition coefficient (Wildman–Crippen LogP) is -0.348. The Labute approximate surface area is 43.9 Å². The molecule has 0 bridgehead atoms. The van der Waals surface area contributed by atoms with E-state index in [1.165, 1.54) is 0 Å². The van der Waals surface area contributed by atoms with Gasteiger partial charge in [-0.1, -0.05) is 0 Å². The minimum atomic E-state index is 0.611. The number of hydrogen-bond acceptors (Lipinski definition) is 1. The monoisotopic (exact) mass is 188 g/mol. The molecule has 4 heteroatoms. The Balaban J connectivity index is 0. The molecule has 30 valence electrons. The van der Waals surface area contributed by atoms with E-state index in [2.05, 4.69) is 29.2 Å². The first-order chi connectivity index (χ1) is 2.00. The average molecular weight is 189 g/mol. The Hall–Kier alpha value is 1.05. The number of hydrogen-bond donors (Lipinski definition) is 0. The maximum atomic E-state index is 8.28. The summed E-state index contributed by atoms with van der Waals surface area (Å²) in [5.41, 5.74) is 0. The second-order valence-corrected chi connectivity index (χ2v) is 0. The van der Waals surface area contributed by atoms with Gasteiger partial charge < -0.3 is 4.46 Å². The van der Waals surface area contributed by atoms with E-state index in [1.807, 2.05) is 0 Å². The first kappa shape index (κ1) is 8.90. The van der Waals surface area contributed by atoms with Gasteiger partial charge in [-0.2, -0.15) is 0 Å². The molecule has 0 atom stereocenters. The van der Waals surface area contributed by atoms with Crippen LogP contribution in [0.3, 0.4) is 0 Å². The zero-order valence-electron chi connectivity index (χ0n) is 1.79. The van der Waals surface area contributed by atoms with Crippen LogP contribution in [-0.4, -0.2) is 10.1 Å². The normalized spacial score (nSPS) is 2.75. The van der Waals surface area contributed by atoms with Crippen molar-refractivity contribution in [3.8, 4) is 0 Å². The van der Waals surface area contributed by atoms with Crippen LogP contribution in [0.15, 0.2) is 0 Å². The van der Waals surface area contributed by atoms with Crippen LogP contribution in [0.2, 0.25) is 0 Å². The summed E-state index contributed by atoms with van der Waals surface area (Å²) < 4.78 is 8.28. The van der Waals surface area contributed by atoms with Gasteiger partial charge in [-0.05, 0) is 0 Å². The average Bonchev–Trinajstić information content (AvgIpc) is 1.50. The molecule has 0 aromatic rings. The fourth-order valence-electron chi connectivity index (χ4n) is 0. The van der Waals surface area contributed by atoms with Gasteiger partial charge in [0.15, 0.2) is 0 Å². The van der Waals surface area contributed by atoms with Crippen LogP contribution in [-0.2, 0) is 24.4 Å². The van der Waals surface area contributed by atoms with E-state index in [-0.39, 0.29) is 0 Å². The third-order valence-corrected chi connectivity index (χ3v) is 0. The van der Waals surface area contributed by atoms with Crippen molar-refractivity contribution in [1.29, 1.82) is 0 Å². The zero-order chi connectivity index (χ0) is 4.00. The van der Waals surface area contributed by atoms with Gasteiger partial charge in [0.05, 0.1) is 0 Å².